The van der Waals surface area contributed by atoms with E-state index in [0.717, 1.165) is 59.6 Å². The van der Waals surface area contributed by atoms with Crippen molar-refractivity contribution in [3.63, 3.8) is 0 Å². The molecule has 1 fully saturated rings. The van der Waals surface area contributed by atoms with Gasteiger partial charge in [0.2, 0.25) is 10.0 Å². The summed E-state index contributed by atoms with van der Waals surface area (Å²) in [4.78, 5) is 15.6. The number of pyridine rings is 1. The van der Waals surface area contributed by atoms with Crippen molar-refractivity contribution in [1.82, 2.24) is 24.8 Å². The van der Waals surface area contributed by atoms with Crippen molar-refractivity contribution in [3.05, 3.63) is 83.3 Å². The van der Waals surface area contributed by atoms with Gasteiger partial charge >= 0.3 is 6.03 Å². The summed E-state index contributed by atoms with van der Waals surface area (Å²) in [6, 6.07) is 16.6. The summed E-state index contributed by atoms with van der Waals surface area (Å²) in [7, 11) is -1.35. The molecule has 0 bridgehead atoms. The normalized spacial score (nSPS) is 22.0. The number of urea groups is 1. The van der Waals surface area contributed by atoms with Crippen LogP contribution in [0.4, 0.5) is 16.2 Å². The van der Waals surface area contributed by atoms with Gasteiger partial charge in [-0.05, 0) is 98.6 Å². The number of aromatic nitrogens is 3. The number of rotatable bonds is 7. The number of benzene rings is 2. The zero-order chi connectivity index (χ0) is 32.9. The van der Waals surface area contributed by atoms with Crippen LogP contribution in [0, 0.1) is 0 Å². The molecular weight excluding hydrogens is 602 g/mol. The van der Waals surface area contributed by atoms with Crippen LogP contribution in [-0.4, -0.2) is 53.8 Å². The van der Waals surface area contributed by atoms with Crippen LogP contribution in [0.15, 0.2) is 60.8 Å². The molecule has 1 saturated heterocycles. The number of nitrogens with one attached hydrogen (secondary N) is 3. The van der Waals surface area contributed by atoms with Gasteiger partial charge in [-0.1, -0.05) is 45.0 Å². The lowest BCUT2D eigenvalue weighted by Gasteiger charge is -2.32. The van der Waals surface area contributed by atoms with Gasteiger partial charge in [-0.2, -0.15) is 0 Å². The lowest BCUT2D eigenvalue weighted by atomic mass is 9.85. The predicted octanol–water partition coefficient (Wildman–Crippen LogP) is 6.12. The molecule has 2 aromatic heterocycles. The highest BCUT2D eigenvalue weighted by Gasteiger charge is 2.40. The molecule has 244 valence electrons. The van der Waals surface area contributed by atoms with E-state index in [2.05, 4.69) is 50.5 Å². The minimum Gasteiger partial charge on any atom is -0.484 e. The number of ether oxygens (including phenoxy) is 1. The second-order valence-corrected chi connectivity index (χ2v) is 15.6. The predicted molar refractivity (Wildman–Crippen MR) is 180 cm³/mol. The molecule has 46 heavy (non-hydrogen) atoms. The second kappa shape index (κ2) is 11.9. The maximum Gasteiger partial charge on any atom is 0.319 e. The SMILES string of the molecule is CN1CCC[C@@]1(C)c1nnc2ccc(O[C@@H]3CC[C@H](NC(=O)Nc4cc(NS(C)(=O)=O)cc(C(C)(C)C)c4)c4ccccc43)cn12. The van der Waals surface area contributed by atoms with Crippen molar-refractivity contribution >= 4 is 33.1 Å². The van der Waals surface area contributed by atoms with Gasteiger partial charge in [0.1, 0.15) is 11.9 Å². The van der Waals surface area contributed by atoms with Crippen LogP contribution in [0.25, 0.3) is 5.65 Å². The van der Waals surface area contributed by atoms with Crippen LogP contribution in [0.3, 0.4) is 0 Å². The fourth-order valence-corrected chi connectivity index (χ4v) is 7.15. The number of likely N-dealkylation sites (tertiary alicyclic amines) is 1. The summed E-state index contributed by atoms with van der Waals surface area (Å²) in [6.07, 6.45) is 6.43. The van der Waals surface area contributed by atoms with Crippen molar-refractivity contribution in [1.29, 1.82) is 0 Å². The average molecular weight is 646 g/mol. The lowest BCUT2D eigenvalue weighted by Crippen LogP contribution is -2.37. The molecule has 0 saturated carbocycles. The van der Waals surface area contributed by atoms with Crippen molar-refractivity contribution in [2.24, 2.45) is 0 Å². The van der Waals surface area contributed by atoms with E-state index in [9.17, 15) is 13.2 Å². The molecule has 3 atom stereocenters. The molecule has 3 heterocycles. The first-order chi connectivity index (χ1) is 21.7. The topological polar surface area (TPSA) is 130 Å². The Labute approximate surface area is 270 Å². The highest BCUT2D eigenvalue weighted by atomic mass is 32.2. The molecule has 1 aliphatic carbocycles. The van der Waals surface area contributed by atoms with E-state index in [1.54, 1.807) is 12.1 Å². The third-order valence-corrected chi connectivity index (χ3v) is 9.84. The number of amides is 2. The van der Waals surface area contributed by atoms with E-state index in [1.165, 1.54) is 0 Å². The van der Waals surface area contributed by atoms with Gasteiger partial charge in [-0.25, -0.2) is 13.2 Å². The molecule has 2 aromatic carbocycles. The number of nitrogens with zero attached hydrogens (tertiary/aromatic N) is 4. The monoisotopic (exact) mass is 645 g/mol. The van der Waals surface area contributed by atoms with Crippen molar-refractivity contribution in [2.75, 3.05) is 29.9 Å². The van der Waals surface area contributed by atoms with Crippen LogP contribution in [0.1, 0.15) is 88.0 Å². The largest absolute Gasteiger partial charge is 0.484 e. The molecule has 1 aliphatic heterocycles. The second-order valence-electron chi connectivity index (χ2n) is 13.8. The first-order valence-corrected chi connectivity index (χ1v) is 17.6. The van der Waals surface area contributed by atoms with E-state index in [4.69, 9.17) is 4.74 Å². The zero-order valence-electron chi connectivity index (χ0n) is 27.3. The highest BCUT2D eigenvalue weighted by Crippen LogP contribution is 2.40. The molecule has 4 aromatic rings. The fraction of sp³-hybridized carbons (Fsp3) is 0.441. The van der Waals surface area contributed by atoms with Gasteiger partial charge in [0.05, 0.1) is 29.7 Å². The Morgan fingerprint density at radius 3 is 2.46 bits per heavy atom. The number of carbonyl (C=O) groups excluding carboxylic acids is 1. The molecule has 0 unspecified atom stereocenters. The maximum atomic E-state index is 13.3. The van der Waals surface area contributed by atoms with Gasteiger partial charge in [-0.15, -0.1) is 10.2 Å². The van der Waals surface area contributed by atoms with Crippen molar-refractivity contribution in [2.45, 2.75) is 76.5 Å². The van der Waals surface area contributed by atoms with E-state index in [0.29, 0.717) is 24.2 Å². The van der Waals surface area contributed by atoms with Gasteiger partial charge in [0, 0.05) is 5.69 Å². The standard InChI is InChI=1S/C34H43N7O4S/c1-33(2,3)22-18-23(20-24(19-22)39-46(6,43)44)35-32(42)36-28-13-14-29(27-11-8-7-10-26(27)28)45-25-12-15-30-37-38-31(41(30)21-25)34(4)16-9-17-40(34)5/h7-8,10-12,15,18-21,28-29,39H,9,13-14,16-17H2,1-6H3,(H2,35,36,42)/t28-,29+,34-/m0/s1. The average Bonchev–Trinajstić information content (AvgIpc) is 3.55. The number of sulfonamides is 1. The van der Waals surface area contributed by atoms with Gasteiger partial charge in [-0.3, -0.25) is 14.0 Å². The Bertz CT molecular complexity index is 1880. The number of hydrogen-bond donors (Lipinski definition) is 3. The van der Waals surface area contributed by atoms with Crippen LogP contribution in [0.5, 0.6) is 5.75 Å². The Balaban J connectivity index is 1.19. The molecule has 2 amide bonds. The van der Waals surface area contributed by atoms with Crippen molar-refractivity contribution in [3.8, 4) is 5.75 Å². The van der Waals surface area contributed by atoms with Crippen LogP contribution >= 0.6 is 0 Å². The maximum absolute atomic E-state index is 13.3. The Hall–Kier alpha value is -4.16. The third kappa shape index (κ3) is 6.54. The summed E-state index contributed by atoms with van der Waals surface area (Å²) in [5.74, 6) is 1.65. The first-order valence-electron chi connectivity index (χ1n) is 15.7. The van der Waals surface area contributed by atoms with Gasteiger partial charge in [0.25, 0.3) is 0 Å². The van der Waals surface area contributed by atoms with Gasteiger partial charge in [0.15, 0.2) is 11.5 Å². The minimum absolute atomic E-state index is 0.186. The van der Waals surface area contributed by atoms with Crippen molar-refractivity contribution < 1.29 is 17.9 Å². The molecule has 6 rings (SSSR count). The minimum atomic E-state index is -3.49. The Kier molecular flexibility index (Phi) is 8.22. The molecule has 2 aliphatic rings. The van der Waals surface area contributed by atoms with E-state index < -0.39 is 10.0 Å². The van der Waals surface area contributed by atoms with Gasteiger partial charge < -0.3 is 15.4 Å². The van der Waals surface area contributed by atoms with E-state index >= 15 is 0 Å². The molecular formula is C34H43N7O4S. The molecule has 3 N–H and O–H groups in total. The zero-order valence-corrected chi connectivity index (χ0v) is 28.1. The van der Waals surface area contributed by atoms with Crippen LogP contribution in [0.2, 0.25) is 0 Å². The highest BCUT2D eigenvalue weighted by molar-refractivity contribution is 7.92. The van der Waals surface area contributed by atoms with Crippen LogP contribution in [-0.2, 0) is 21.0 Å². The van der Waals surface area contributed by atoms with E-state index in [-0.39, 0.29) is 29.1 Å². The summed E-state index contributed by atoms with van der Waals surface area (Å²) >= 11 is 0. The fourth-order valence-electron chi connectivity index (χ4n) is 6.61. The number of fused-ring (bicyclic) bond motifs is 2. The number of hydrogen-bond acceptors (Lipinski definition) is 7. The molecule has 0 radical (unpaired) electrons. The summed E-state index contributed by atoms with van der Waals surface area (Å²) in [5, 5.41) is 15.0. The quantitative estimate of drug-likeness (QED) is 0.221. The molecule has 0 spiro atoms. The first kappa shape index (κ1) is 31.8. The Morgan fingerprint density at radius 2 is 1.76 bits per heavy atom. The summed E-state index contributed by atoms with van der Waals surface area (Å²) in [6.45, 7) is 9.35. The van der Waals surface area contributed by atoms with Crippen LogP contribution < -0.4 is 20.1 Å². The van der Waals surface area contributed by atoms with E-state index in [1.807, 2.05) is 67.8 Å². The lowest BCUT2D eigenvalue weighted by molar-refractivity contribution is 0.170. The number of carbonyl (C=O) groups is 1. The smallest absolute Gasteiger partial charge is 0.319 e. The summed E-state index contributed by atoms with van der Waals surface area (Å²) in [5.41, 5.74) is 4.16. The Morgan fingerprint density at radius 1 is 1.02 bits per heavy atom. The molecule has 12 heteroatoms. The summed E-state index contributed by atoms with van der Waals surface area (Å²) < 4.78 is 35.0. The molecule has 11 nitrogen and oxygen atoms in total. The third-order valence-electron chi connectivity index (χ3n) is 9.24. The number of anilines is 2.